The van der Waals surface area contributed by atoms with Gasteiger partial charge in [0, 0.05) is 22.5 Å². The second-order valence-electron chi connectivity index (χ2n) is 1.83. The fraction of sp³-hybridized carbons (Fsp3) is 0. The number of hydrogen-bond acceptors (Lipinski definition) is 2. The SMILES string of the molecule is Cl.Cl.c1cc2sccc2cn1. The molecule has 0 bridgehead atoms. The standard InChI is InChI=1S/C7H5NS.2ClH/c1-3-8-5-6-2-4-9-7(1)6;;/h1-5H;2*1H. The Labute approximate surface area is 81.3 Å². The molecule has 0 aliphatic carbocycles. The Hall–Kier alpha value is -0.310. The summed E-state index contributed by atoms with van der Waals surface area (Å²) in [5.74, 6) is 0. The summed E-state index contributed by atoms with van der Waals surface area (Å²) in [5.41, 5.74) is 0. The Bertz CT molecular complexity index is 290. The van der Waals surface area contributed by atoms with Gasteiger partial charge in [-0.15, -0.1) is 36.2 Å². The van der Waals surface area contributed by atoms with E-state index < -0.39 is 0 Å². The van der Waals surface area contributed by atoms with Crippen molar-refractivity contribution < 1.29 is 0 Å². The van der Waals surface area contributed by atoms with Crippen molar-refractivity contribution in [2.24, 2.45) is 0 Å². The molecule has 0 radical (unpaired) electrons. The number of thiophene rings is 1. The van der Waals surface area contributed by atoms with E-state index in [1.165, 1.54) is 10.1 Å². The first-order valence-corrected chi connectivity index (χ1v) is 3.62. The van der Waals surface area contributed by atoms with Crippen LogP contribution < -0.4 is 0 Å². The van der Waals surface area contributed by atoms with Crippen LogP contribution in [0.1, 0.15) is 0 Å². The van der Waals surface area contributed by atoms with Gasteiger partial charge in [0.15, 0.2) is 0 Å². The van der Waals surface area contributed by atoms with E-state index >= 15 is 0 Å². The normalized spacial score (nSPS) is 8.36. The average molecular weight is 208 g/mol. The van der Waals surface area contributed by atoms with Crippen molar-refractivity contribution in [2.45, 2.75) is 0 Å². The lowest BCUT2D eigenvalue weighted by molar-refractivity contribution is 1.37. The first kappa shape index (κ1) is 10.7. The predicted molar refractivity (Wildman–Crippen MR) is 54.1 cm³/mol. The van der Waals surface area contributed by atoms with Crippen molar-refractivity contribution in [3.05, 3.63) is 29.9 Å². The number of aromatic nitrogens is 1. The summed E-state index contributed by atoms with van der Waals surface area (Å²) in [7, 11) is 0. The van der Waals surface area contributed by atoms with Gasteiger partial charge in [0.05, 0.1) is 0 Å². The number of rotatable bonds is 0. The highest BCUT2D eigenvalue weighted by atomic mass is 35.5. The van der Waals surface area contributed by atoms with Gasteiger partial charge in [-0.05, 0) is 17.5 Å². The monoisotopic (exact) mass is 207 g/mol. The molecule has 0 unspecified atom stereocenters. The maximum atomic E-state index is 3.99. The summed E-state index contributed by atoms with van der Waals surface area (Å²) in [4.78, 5) is 3.99. The first-order chi connectivity index (χ1) is 4.47. The second-order valence-corrected chi connectivity index (χ2v) is 2.78. The molecule has 2 aromatic heterocycles. The third-order valence-electron chi connectivity index (χ3n) is 1.25. The van der Waals surface area contributed by atoms with Gasteiger partial charge in [-0.2, -0.15) is 0 Å². The average Bonchev–Trinajstić information content (AvgIpc) is 2.33. The van der Waals surface area contributed by atoms with Gasteiger partial charge in [-0.25, -0.2) is 0 Å². The molecule has 0 amide bonds. The van der Waals surface area contributed by atoms with Crippen molar-refractivity contribution in [1.29, 1.82) is 0 Å². The van der Waals surface area contributed by atoms with E-state index in [0.29, 0.717) is 0 Å². The molecule has 0 saturated carbocycles. The van der Waals surface area contributed by atoms with Crippen LogP contribution in [0.3, 0.4) is 0 Å². The molecule has 0 fully saturated rings. The highest BCUT2D eigenvalue weighted by Crippen LogP contribution is 2.17. The second kappa shape index (κ2) is 4.54. The van der Waals surface area contributed by atoms with E-state index in [-0.39, 0.29) is 24.8 Å². The molecule has 0 saturated heterocycles. The fourth-order valence-corrected chi connectivity index (χ4v) is 1.56. The molecule has 0 aliphatic rings. The Morgan fingerprint density at radius 3 is 2.73 bits per heavy atom. The molecule has 0 aliphatic heterocycles. The van der Waals surface area contributed by atoms with Gasteiger partial charge in [-0.3, -0.25) is 4.98 Å². The zero-order valence-electron chi connectivity index (χ0n) is 5.56. The van der Waals surface area contributed by atoms with Crippen molar-refractivity contribution in [2.75, 3.05) is 0 Å². The van der Waals surface area contributed by atoms with Crippen LogP contribution in [0.4, 0.5) is 0 Å². The Morgan fingerprint density at radius 2 is 2.00 bits per heavy atom. The van der Waals surface area contributed by atoms with Gasteiger partial charge in [0.25, 0.3) is 0 Å². The molecule has 11 heavy (non-hydrogen) atoms. The fourth-order valence-electron chi connectivity index (χ4n) is 0.807. The van der Waals surface area contributed by atoms with Crippen LogP contribution in [-0.2, 0) is 0 Å². The van der Waals surface area contributed by atoms with Crippen molar-refractivity contribution in [3.63, 3.8) is 0 Å². The lowest BCUT2D eigenvalue weighted by Gasteiger charge is -1.81. The van der Waals surface area contributed by atoms with E-state index in [0.717, 1.165) is 0 Å². The minimum Gasteiger partial charge on any atom is -0.264 e. The minimum absolute atomic E-state index is 0. The van der Waals surface area contributed by atoms with E-state index in [1.807, 2.05) is 18.5 Å². The third-order valence-corrected chi connectivity index (χ3v) is 2.15. The molecule has 4 heteroatoms. The zero-order valence-corrected chi connectivity index (χ0v) is 8.01. The van der Waals surface area contributed by atoms with Crippen LogP contribution in [0.2, 0.25) is 0 Å². The molecule has 60 valence electrons. The first-order valence-electron chi connectivity index (χ1n) is 2.74. The Balaban J connectivity index is 0.000000500. The van der Waals surface area contributed by atoms with Crippen LogP contribution in [0.25, 0.3) is 10.1 Å². The summed E-state index contributed by atoms with van der Waals surface area (Å²) < 4.78 is 1.31. The van der Waals surface area contributed by atoms with Crippen LogP contribution >= 0.6 is 36.2 Å². The molecule has 0 atom stereocenters. The lowest BCUT2D eigenvalue weighted by atomic mass is 10.4. The maximum absolute atomic E-state index is 3.99. The lowest BCUT2D eigenvalue weighted by Crippen LogP contribution is -1.64. The summed E-state index contributed by atoms with van der Waals surface area (Å²) in [5, 5.41) is 3.31. The number of pyridine rings is 1. The highest BCUT2D eigenvalue weighted by molar-refractivity contribution is 7.17. The summed E-state index contributed by atoms with van der Waals surface area (Å²) in [6, 6.07) is 4.10. The molecule has 2 aromatic rings. The number of nitrogens with zero attached hydrogens (tertiary/aromatic N) is 1. The van der Waals surface area contributed by atoms with Gasteiger partial charge >= 0.3 is 0 Å². The van der Waals surface area contributed by atoms with Crippen molar-refractivity contribution in [1.82, 2.24) is 4.98 Å². The predicted octanol–water partition coefficient (Wildman–Crippen LogP) is 3.14. The quantitative estimate of drug-likeness (QED) is 0.648. The van der Waals surface area contributed by atoms with Crippen LogP contribution in [0, 0.1) is 0 Å². The number of fused-ring (bicyclic) bond motifs is 1. The highest BCUT2D eigenvalue weighted by Gasteiger charge is 1.88. The largest absolute Gasteiger partial charge is 0.264 e. The molecule has 2 rings (SSSR count). The van der Waals surface area contributed by atoms with E-state index in [1.54, 1.807) is 11.3 Å². The molecular weight excluding hydrogens is 201 g/mol. The Kier molecular flexibility index (Phi) is 4.42. The molecule has 0 spiro atoms. The zero-order chi connectivity index (χ0) is 6.10. The smallest absolute Gasteiger partial charge is 0.0373 e. The molecule has 2 heterocycles. The van der Waals surface area contributed by atoms with Crippen molar-refractivity contribution >= 4 is 46.2 Å². The number of hydrogen-bond donors (Lipinski definition) is 0. The summed E-state index contributed by atoms with van der Waals surface area (Å²) in [6.45, 7) is 0. The number of halogens is 2. The molecule has 0 aromatic carbocycles. The van der Waals surface area contributed by atoms with E-state index in [9.17, 15) is 0 Å². The Morgan fingerprint density at radius 1 is 1.18 bits per heavy atom. The summed E-state index contributed by atoms with van der Waals surface area (Å²) >= 11 is 1.75. The topological polar surface area (TPSA) is 12.9 Å². The van der Waals surface area contributed by atoms with E-state index in [2.05, 4.69) is 16.4 Å². The molecular formula is C7H7Cl2NS. The maximum Gasteiger partial charge on any atom is 0.0373 e. The van der Waals surface area contributed by atoms with Gasteiger partial charge < -0.3 is 0 Å². The van der Waals surface area contributed by atoms with E-state index in [4.69, 9.17) is 0 Å². The minimum atomic E-state index is 0. The van der Waals surface area contributed by atoms with Gasteiger partial charge in [0.1, 0.15) is 0 Å². The van der Waals surface area contributed by atoms with Crippen LogP contribution in [-0.4, -0.2) is 4.98 Å². The van der Waals surface area contributed by atoms with Crippen LogP contribution in [0.15, 0.2) is 29.9 Å². The third kappa shape index (κ3) is 2.06. The summed E-state index contributed by atoms with van der Waals surface area (Å²) in [6.07, 6.45) is 3.70. The van der Waals surface area contributed by atoms with Gasteiger partial charge in [-0.1, -0.05) is 0 Å². The molecule has 1 nitrogen and oxygen atoms in total. The van der Waals surface area contributed by atoms with Gasteiger partial charge in [0.2, 0.25) is 0 Å². The molecule has 0 N–H and O–H groups in total. The van der Waals surface area contributed by atoms with Crippen LogP contribution in [0.5, 0.6) is 0 Å². The van der Waals surface area contributed by atoms with Crippen molar-refractivity contribution in [3.8, 4) is 0 Å².